The van der Waals surface area contributed by atoms with E-state index in [1.807, 2.05) is 4.90 Å². The average molecular weight is 385 g/mol. The van der Waals surface area contributed by atoms with Crippen molar-refractivity contribution in [2.75, 3.05) is 31.2 Å². The van der Waals surface area contributed by atoms with Gasteiger partial charge in [-0.25, -0.2) is 4.79 Å². The largest absolute Gasteiger partial charge is 0.478 e. The van der Waals surface area contributed by atoms with E-state index in [1.165, 1.54) is 18.2 Å². The van der Waals surface area contributed by atoms with Gasteiger partial charge in [0.2, 0.25) is 0 Å². The molecule has 9 heteroatoms. The summed E-state index contributed by atoms with van der Waals surface area (Å²) in [7, 11) is 0. The fourth-order valence-electron chi connectivity index (χ4n) is 2.98. The van der Waals surface area contributed by atoms with Crippen LogP contribution in [0.2, 0.25) is 0 Å². The summed E-state index contributed by atoms with van der Waals surface area (Å²) in [6.45, 7) is 2.20. The fourth-order valence-corrected chi connectivity index (χ4v) is 2.98. The smallest absolute Gasteiger partial charge is 0.335 e. The van der Waals surface area contributed by atoms with Crippen molar-refractivity contribution in [1.82, 2.24) is 5.32 Å². The van der Waals surface area contributed by atoms with E-state index < -0.39 is 16.8 Å². The molecule has 1 saturated heterocycles. The monoisotopic (exact) mass is 385 g/mol. The van der Waals surface area contributed by atoms with Crippen molar-refractivity contribution in [2.24, 2.45) is 0 Å². The molecule has 0 aromatic heterocycles. The van der Waals surface area contributed by atoms with Crippen LogP contribution in [0.5, 0.6) is 0 Å². The molecule has 1 heterocycles. The van der Waals surface area contributed by atoms with Crippen molar-refractivity contribution >= 4 is 23.3 Å². The van der Waals surface area contributed by atoms with Gasteiger partial charge < -0.3 is 20.1 Å². The minimum Gasteiger partial charge on any atom is -0.478 e. The Morgan fingerprint density at radius 3 is 2.57 bits per heavy atom. The number of carboxylic acids is 1. The maximum absolute atomic E-state index is 12.4. The van der Waals surface area contributed by atoms with Gasteiger partial charge >= 0.3 is 5.97 Å². The third kappa shape index (κ3) is 4.44. The summed E-state index contributed by atoms with van der Waals surface area (Å²) in [4.78, 5) is 36.3. The predicted octanol–water partition coefficient (Wildman–Crippen LogP) is 2.06. The Labute approximate surface area is 160 Å². The average Bonchev–Trinajstić information content (AvgIpc) is 2.72. The van der Waals surface area contributed by atoms with E-state index in [0.29, 0.717) is 37.6 Å². The third-order valence-corrected chi connectivity index (χ3v) is 4.41. The first-order valence-corrected chi connectivity index (χ1v) is 8.67. The lowest BCUT2D eigenvalue weighted by molar-refractivity contribution is -0.384. The Balaban J connectivity index is 1.74. The summed E-state index contributed by atoms with van der Waals surface area (Å²) in [6, 6.07) is 10.6. The summed E-state index contributed by atoms with van der Waals surface area (Å²) in [5, 5.41) is 23.2. The molecule has 2 aromatic rings. The molecule has 2 N–H and O–H groups in total. The van der Waals surface area contributed by atoms with Crippen molar-refractivity contribution in [2.45, 2.75) is 6.54 Å². The minimum atomic E-state index is -1.05. The molecule has 0 spiro atoms. The van der Waals surface area contributed by atoms with Crippen molar-refractivity contribution in [3.63, 3.8) is 0 Å². The van der Waals surface area contributed by atoms with Crippen molar-refractivity contribution < 1.29 is 24.4 Å². The Kier molecular flexibility index (Phi) is 5.85. The zero-order valence-electron chi connectivity index (χ0n) is 15.0. The molecule has 0 aliphatic carbocycles. The van der Waals surface area contributed by atoms with Gasteiger partial charge in [-0.1, -0.05) is 12.1 Å². The normalized spacial score (nSPS) is 13.8. The first-order chi connectivity index (χ1) is 13.5. The van der Waals surface area contributed by atoms with E-state index in [-0.39, 0.29) is 23.4 Å². The summed E-state index contributed by atoms with van der Waals surface area (Å²) >= 11 is 0. The van der Waals surface area contributed by atoms with Crippen LogP contribution >= 0.6 is 0 Å². The van der Waals surface area contributed by atoms with Crippen LogP contribution in [-0.2, 0) is 11.3 Å². The van der Waals surface area contributed by atoms with Gasteiger partial charge in [0.25, 0.3) is 11.6 Å². The number of amides is 1. The van der Waals surface area contributed by atoms with Crippen LogP contribution in [-0.4, -0.2) is 48.2 Å². The van der Waals surface area contributed by atoms with Crippen LogP contribution in [0.15, 0.2) is 42.5 Å². The van der Waals surface area contributed by atoms with Crippen LogP contribution in [0.4, 0.5) is 11.4 Å². The number of nitrogens with zero attached hydrogens (tertiary/aromatic N) is 2. The Hall–Kier alpha value is -3.46. The number of ether oxygens (including phenoxy) is 1. The highest BCUT2D eigenvalue weighted by Crippen LogP contribution is 2.30. The van der Waals surface area contributed by atoms with E-state index in [4.69, 9.17) is 9.84 Å². The number of benzene rings is 2. The van der Waals surface area contributed by atoms with Gasteiger partial charge in [-0.15, -0.1) is 0 Å². The number of anilines is 1. The van der Waals surface area contributed by atoms with Gasteiger partial charge in [-0.2, -0.15) is 0 Å². The molecule has 0 radical (unpaired) electrons. The second-order valence-corrected chi connectivity index (χ2v) is 6.25. The van der Waals surface area contributed by atoms with Crippen LogP contribution < -0.4 is 10.2 Å². The Morgan fingerprint density at radius 1 is 1.14 bits per heavy atom. The second kappa shape index (κ2) is 8.49. The number of aromatic carboxylic acids is 1. The maximum Gasteiger partial charge on any atom is 0.335 e. The molecule has 1 aliphatic heterocycles. The standard InChI is InChI=1S/C19H19N3O6/c23-18(20-12-13-2-1-3-15(10-13)19(24)25)14-4-5-16(17(11-14)22(26)27)21-6-8-28-9-7-21/h1-5,10-11H,6-9,12H2,(H,20,23)(H,24,25). The molecule has 0 saturated carbocycles. The third-order valence-electron chi connectivity index (χ3n) is 4.41. The van der Waals surface area contributed by atoms with E-state index in [9.17, 15) is 19.7 Å². The first-order valence-electron chi connectivity index (χ1n) is 8.67. The summed E-state index contributed by atoms with van der Waals surface area (Å²) < 4.78 is 5.27. The highest BCUT2D eigenvalue weighted by Gasteiger charge is 2.23. The molecule has 1 amide bonds. The molecule has 0 atom stereocenters. The minimum absolute atomic E-state index is 0.110. The molecule has 0 unspecified atom stereocenters. The quantitative estimate of drug-likeness (QED) is 0.576. The van der Waals surface area contributed by atoms with Gasteiger partial charge in [-0.3, -0.25) is 14.9 Å². The number of carbonyl (C=O) groups is 2. The lowest BCUT2D eigenvalue weighted by Crippen LogP contribution is -2.36. The number of carbonyl (C=O) groups excluding carboxylic acids is 1. The van der Waals surface area contributed by atoms with E-state index in [0.717, 1.165) is 0 Å². The number of hydrogen-bond donors (Lipinski definition) is 2. The molecule has 2 aromatic carbocycles. The van der Waals surface area contributed by atoms with Gasteiger partial charge in [0.15, 0.2) is 0 Å². The Bertz CT molecular complexity index is 908. The lowest BCUT2D eigenvalue weighted by Gasteiger charge is -2.28. The van der Waals surface area contributed by atoms with Gasteiger partial charge in [0, 0.05) is 31.3 Å². The lowest BCUT2D eigenvalue weighted by atomic mass is 10.1. The van der Waals surface area contributed by atoms with Crippen LogP contribution in [0.25, 0.3) is 0 Å². The highest BCUT2D eigenvalue weighted by molar-refractivity contribution is 5.95. The number of morpholine rings is 1. The second-order valence-electron chi connectivity index (χ2n) is 6.25. The zero-order valence-corrected chi connectivity index (χ0v) is 15.0. The highest BCUT2D eigenvalue weighted by atomic mass is 16.6. The van der Waals surface area contributed by atoms with Crippen LogP contribution in [0, 0.1) is 10.1 Å². The Morgan fingerprint density at radius 2 is 1.89 bits per heavy atom. The van der Waals surface area contributed by atoms with E-state index in [1.54, 1.807) is 24.3 Å². The van der Waals surface area contributed by atoms with Crippen molar-refractivity contribution in [1.29, 1.82) is 0 Å². The van der Waals surface area contributed by atoms with Crippen molar-refractivity contribution in [3.8, 4) is 0 Å². The topological polar surface area (TPSA) is 122 Å². The molecule has 0 bridgehead atoms. The molecule has 3 rings (SSSR count). The van der Waals surface area contributed by atoms with Crippen molar-refractivity contribution in [3.05, 3.63) is 69.3 Å². The predicted molar refractivity (Wildman–Crippen MR) is 101 cm³/mol. The number of nitrogens with one attached hydrogen (secondary N) is 1. The summed E-state index contributed by atoms with van der Waals surface area (Å²) in [6.07, 6.45) is 0. The maximum atomic E-state index is 12.4. The summed E-state index contributed by atoms with van der Waals surface area (Å²) in [5.74, 6) is -1.53. The van der Waals surface area contributed by atoms with Gasteiger partial charge in [0.05, 0.1) is 23.7 Å². The van der Waals surface area contributed by atoms with Crippen LogP contribution in [0.1, 0.15) is 26.3 Å². The van der Waals surface area contributed by atoms with Crippen LogP contribution in [0.3, 0.4) is 0 Å². The number of nitro groups is 1. The van der Waals surface area contributed by atoms with Gasteiger partial charge in [-0.05, 0) is 29.8 Å². The zero-order chi connectivity index (χ0) is 20.1. The summed E-state index contributed by atoms with van der Waals surface area (Å²) in [5.41, 5.74) is 1.23. The molecule has 1 aliphatic rings. The molecular weight excluding hydrogens is 366 g/mol. The fraction of sp³-hybridized carbons (Fsp3) is 0.263. The number of rotatable bonds is 6. The van der Waals surface area contributed by atoms with E-state index >= 15 is 0 Å². The number of carboxylic acid groups (broad SMARTS) is 1. The first kappa shape index (κ1) is 19.3. The molecule has 1 fully saturated rings. The molecule has 146 valence electrons. The molecule has 9 nitrogen and oxygen atoms in total. The number of hydrogen-bond acceptors (Lipinski definition) is 6. The number of nitro benzene ring substituents is 1. The molecular formula is C19H19N3O6. The van der Waals surface area contributed by atoms with Gasteiger partial charge in [0.1, 0.15) is 5.69 Å². The van der Waals surface area contributed by atoms with E-state index in [2.05, 4.69) is 5.32 Å². The molecule has 28 heavy (non-hydrogen) atoms. The SMILES string of the molecule is O=C(O)c1cccc(CNC(=O)c2ccc(N3CCOCC3)c([N+](=O)[O-])c2)c1.